The third kappa shape index (κ3) is 4.02. The Morgan fingerprint density at radius 2 is 2.00 bits per heavy atom. The number of anilines is 1. The quantitative estimate of drug-likeness (QED) is 0.446. The Bertz CT molecular complexity index is 1220. The van der Waals surface area contributed by atoms with Gasteiger partial charge in [-0.3, -0.25) is 4.79 Å². The molecule has 2 heterocycles. The number of benzene rings is 2. The van der Waals surface area contributed by atoms with E-state index in [9.17, 15) is 9.18 Å². The fourth-order valence-corrected chi connectivity index (χ4v) is 3.21. The molecule has 7 nitrogen and oxygen atoms in total. The van der Waals surface area contributed by atoms with Gasteiger partial charge in [0.2, 0.25) is 11.7 Å². The molecule has 0 aliphatic heterocycles. The molecular formula is C21H17BrFN5O2. The summed E-state index contributed by atoms with van der Waals surface area (Å²) in [6, 6.07) is 11.9. The fraction of sp³-hybridized carbons (Fsp3) is 0.143. The second kappa shape index (κ2) is 8.19. The van der Waals surface area contributed by atoms with Gasteiger partial charge >= 0.3 is 0 Å². The lowest BCUT2D eigenvalue weighted by Gasteiger charge is -2.06. The average molecular weight is 470 g/mol. The van der Waals surface area contributed by atoms with Gasteiger partial charge in [-0.25, -0.2) is 9.07 Å². The maximum atomic E-state index is 14.0. The average Bonchev–Trinajstić information content (AvgIpc) is 3.37. The predicted molar refractivity (Wildman–Crippen MR) is 113 cm³/mol. The molecule has 0 fully saturated rings. The van der Waals surface area contributed by atoms with E-state index in [2.05, 4.69) is 36.5 Å². The first-order chi connectivity index (χ1) is 14.4. The summed E-state index contributed by atoms with van der Waals surface area (Å²) in [5.74, 6) is 0.141. The molecule has 1 N–H and O–H groups in total. The van der Waals surface area contributed by atoms with E-state index in [1.54, 1.807) is 23.9 Å². The number of carbonyl (C=O) groups excluding carboxylic acids is 1. The van der Waals surface area contributed by atoms with Crippen molar-refractivity contribution >= 4 is 27.5 Å². The number of amides is 1. The molecule has 0 atom stereocenters. The third-order valence-corrected chi connectivity index (χ3v) is 4.98. The summed E-state index contributed by atoms with van der Waals surface area (Å²) in [5, 5.41) is 10.9. The summed E-state index contributed by atoms with van der Waals surface area (Å²) in [7, 11) is 0. The normalized spacial score (nSPS) is 10.9. The molecule has 0 aliphatic carbocycles. The zero-order chi connectivity index (χ0) is 21.3. The molecule has 0 spiro atoms. The lowest BCUT2D eigenvalue weighted by atomic mass is 10.2. The largest absolute Gasteiger partial charge is 0.339 e. The van der Waals surface area contributed by atoms with Gasteiger partial charge < -0.3 is 9.84 Å². The van der Waals surface area contributed by atoms with Gasteiger partial charge in [0.05, 0.1) is 22.6 Å². The molecule has 2 aromatic heterocycles. The number of nitrogens with zero attached hydrogens (tertiary/aromatic N) is 4. The highest BCUT2D eigenvalue weighted by molar-refractivity contribution is 9.10. The van der Waals surface area contributed by atoms with E-state index in [1.165, 1.54) is 12.1 Å². The standard InChI is InChI=1S/C21H17BrFN5O2/c1-3-19-25-20(27-30-19)13-4-7-15(8-5-13)28-11-16(12(2)26-28)21(29)24-18-9-6-14(22)10-17(18)23/h4-11H,3H2,1-2H3,(H,24,29). The van der Waals surface area contributed by atoms with Gasteiger partial charge in [0.25, 0.3) is 5.91 Å². The SMILES string of the molecule is CCc1nc(-c2ccc(-n3cc(C(=O)Nc4ccc(Br)cc4F)c(C)n3)cc2)no1. The van der Waals surface area contributed by atoms with Crippen molar-refractivity contribution in [3.63, 3.8) is 0 Å². The molecule has 30 heavy (non-hydrogen) atoms. The highest BCUT2D eigenvalue weighted by Gasteiger charge is 2.16. The maximum absolute atomic E-state index is 14.0. The minimum atomic E-state index is -0.522. The molecule has 0 bridgehead atoms. The molecule has 1 amide bonds. The van der Waals surface area contributed by atoms with Crippen LogP contribution in [0.25, 0.3) is 17.1 Å². The van der Waals surface area contributed by atoms with E-state index in [0.717, 1.165) is 11.3 Å². The van der Waals surface area contributed by atoms with Crippen LogP contribution < -0.4 is 5.32 Å². The van der Waals surface area contributed by atoms with Crippen LogP contribution >= 0.6 is 15.9 Å². The van der Waals surface area contributed by atoms with Crippen LogP contribution in [0.4, 0.5) is 10.1 Å². The van der Waals surface area contributed by atoms with Crippen LogP contribution in [0.15, 0.2) is 57.7 Å². The summed E-state index contributed by atoms with van der Waals surface area (Å²) in [6.45, 7) is 3.67. The Morgan fingerprint density at radius 3 is 2.67 bits per heavy atom. The van der Waals surface area contributed by atoms with Crippen LogP contribution in [0.2, 0.25) is 0 Å². The van der Waals surface area contributed by atoms with Gasteiger partial charge in [0, 0.05) is 22.7 Å². The number of halogens is 2. The topological polar surface area (TPSA) is 85.8 Å². The van der Waals surface area contributed by atoms with Crippen molar-refractivity contribution in [2.45, 2.75) is 20.3 Å². The number of rotatable bonds is 5. The van der Waals surface area contributed by atoms with Crippen LogP contribution in [-0.2, 0) is 6.42 Å². The second-order valence-electron chi connectivity index (χ2n) is 6.56. The summed E-state index contributed by atoms with van der Waals surface area (Å²) in [5.41, 5.74) is 2.56. The molecule has 4 aromatic rings. The minimum Gasteiger partial charge on any atom is -0.339 e. The van der Waals surface area contributed by atoms with Gasteiger partial charge in [-0.1, -0.05) is 28.0 Å². The first-order valence-electron chi connectivity index (χ1n) is 9.20. The van der Waals surface area contributed by atoms with Crippen molar-refractivity contribution in [1.82, 2.24) is 19.9 Å². The first kappa shape index (κ1) is 20.0. The van der Waals surface area contributed by atoms with E-state index in [0.29, 0.717) is 33.9 Å². The molecule has 9 heteroatoms. The maximum Gasteiger partial charge on any atom is 0.259 e. The molecule has 0 aliphatic rings. The molecular weight excluding hydrogens is 453 g/mol. The molecule has 2 aromatic carbocycles. The van der Waals surface area contributed by atoms with Crippen LogP contribution in [0.1, 0.15) is 28.9 Å². The summed E-state index contributed by atoms with van der Waals surface area (Å²) in [4.78, 5) is 16.9. The number of hydrogen-bond donors (Lipinski definition) is 1. The molecule has 0 radical (unpaired) electrons. The van der Waals surface area contributed by atoms with Gasteiger partial charge in [-0.05, 0) is 49.4 Å². The Balaban J connectivity index is 1.55. The second-order valence-corrected chi connectivity index (χ2v) is 7.48. The van der Waals surface area contributed by atoms with E-state index >= 15 is 0 Å². The van der Waals surface area contributed by atoms with Crippen molar-refractivity contribution in [2.75, 3.05) is 5.32 Å². The number of carbonyl (C=O) groups is 1. The zero-order valence-electron chi connectivity index (χ0n) is 16.2. The molecule has 0 unspecified atom stereocenters. The Labute approximate surface area is 180 Å². The van der Waals surface area contributed by atoms with Crippen molar-refractivity contribution < 1.29 is 13.7 Å². The Hall–Kier alpha value is -3.33. The smallest absolute Gasteiger partial charge is 0.259 e. The fourth-order valence-electron chi connectivity index (χ4n) is 2.87. The van der Waals surface area contributed by atoms with E-state index in [-0.39, 0.29) is 5.69 Å². The summed E-state index contributed by atoms with van der Waals surface area (Å²) in [6.07, 6.45) is 2.28. The highest BCUT2D eigenvalue weighted by atomic mass is 79.9. The predicted octanol–water partition coefficient (Wildman–Crippen LogP) is 4.95. The lowest BCUT2D eigenvalue weighted by molar-refractivity contribution is 0.102. The van der Waals surface area contributed by atoms with E-state index in [1.807, 2.05) is 31.2 Å². The van der Waals surface area contributed by atoms with Crippen molar-refractivity contribution in [3.05, 3.63) is 76.1 Å². The van der Waals surface area contributed by atoms with Gasteiger partial charge in [0.15, 0.2) is 0 Å². The molecule has 4 rings (SSSR count). The Morgan fingerprint density at radius 1 is 1.23 bits per heavy atom. The lowest BCUT2D eigenvalue weighted by Crippen LogP contribution is -2.13. The Kier molecular flexibility index (Phi) is 5.45. The minimum absolute atomic E-state index is 0.103. The van der Waals surface area contributed by atoms with Crippen LogP contribution in [0, 0.1) is 12.7 Å². The van der Waals surface area contributed by atoms with Crippen LogP contribution in [-0.4, -0.2) is 25.8 Å². The van der Waals surface area contributed by atoms with Crippen molar-refractivity contribution in [1.29, 1.82) is 0 Å². The monoisotopic (exact) mass is 469 g/mol. The van der Waals surface area contributed by atoms with Crippen molar-refractivity contribution in [2.24, 2.45) is 0 Å². The molecule has 0 saturated heterocycles. The van der Waals surface area contributed by atoms with Gasteiger partial charge in [0.1, 0.15) is 5.82 Å². The number of hydrogen-bond acceptors (Lipinski definition) is 5. The summed E-state index contributed by atoms with van der Waals surface area (Å²) < 4.78 is 21.3. The number of aromatic nitrogens is 4. The number of aryl methyl sites for hydroxylation is 2. The third-order valence-electron chi connectivity index (χ3n) is 4.48. The molecule has 152 valence electrons. The van der Waals surface area contributed by atoms with Gasteiger partial charge in [-0.15, -0.1) is 0 Å². The van der Waals surface area contributed by atoms with Crippen molar-refractivity contribution in [3.8, 4) is 17.1 Å². The number of nitrogens with one attached hydrogen (secondary N) is 1. The van der Waals surface area contributed by atoms with E-state index in [4.69, 9.17) is 4.52 Å². The highest BCUT2D eigenvalue weighted by Crippen LogP contribution is 2.22. The van der Waals surface area contributed by atoms with Gasteiger partial charge in [-0.2, -0.15) is 10.1 Å². The van der Waals surface area contributed by atoms with E-state index < -0.39 is 11.7 Å². The van der Waals surface area contributed by atoms with Crippen LogP contribution in [0.3, 0.4) is 0 Å². The first-order valence-corrected chi connectivity index (χ1v) is 10.00. The van der Waals surface area contributed by atoms with Crippen LogP contribution in [0.5, 0.6) is 0 Å². The molecule has 0 saturated carbocycles. The summed E-state index contributed by atoms with van der Waals surface area (Å²) >= 11 is 3.19. The zero-order valence-corrected chi connectivity index (χ0v) is 17.8.